The lowest BCUT2D eigenvalue weighted by atomic mass is 9.94. The molecule has 0 bridgehead atoms. The third-order valence-electron chi connectivity index (χ3n) is 6.33. The summed E-state index contributed by atoms with van der Waals surface area (Å²) in [4.78, 5) is 25.2. The minimum atomic E-state index is -0.548. The summed E-state index contributed by atoms with van der Waals surface area (Å²) >= 11 is 0. The van der Waals surface area contributed by atoms with Gasteiger partial charge in [0.25, 0.3) is 0 Å². The van der Waals surface area contributed by atoms with Gasteiger partial charge >= 0.3 is 0 Å². The van der Waals surface area contributed by atoms with Gasteiger partial charge in [0.15, 0.2) is 0 Å². The van der Waals surface area contributed by atoms with E-state index in [0.717, 1.165) is 24.1 Å². The molecule has 1 saturated heterocycles. The van der Waals surface area contributed by atoms with Gasteiger partial charge in [0.05, 0.1) is 24.3 Å². The summed E-state index contributed by atoms with van der Waals surface area (Å²) in [5, 5.41) is 10.0. The molecule has 8 heteroatoms. The number of methoxy groups -OCH3 is 1. The van der Waals surface area contributed by atoms with Crippen molar-refractivity contribution >= 4 is 11.7 Å². The van der Waals surface area contributed by atoms with Crippen LogP contribution in [0.25, 0.3) is 11.1 Å². The number of aromatic nitrogens is 2. The lowest BCUT2D eigenvalue weighted by molar-refractivity contribution is -0.134. The topological polar surface area (TPSA) is 82.3 Å². The Bertz CT molecular complexity index is 1060. The van der Waals surface area contributed by atoms with Crippen molar-refractivity contribution in [2.75, 3.05) is 38.3 Å². The highest BCUT2D eigenvalue weighted by molar-refractivity contribution is 5.78. The van der Waals surface area contributed by atoms with Gasteiger partial charge in [-0.3, -0.25) is 4.79 Å². The smallest absolute Gasteiger partial charge is 0.225 e. The number of nitriles is 1. The monoisotopic (exact) mass is 437 g/mol. The normalized spacial score (nSPS) is 18.5. The number of rotatable bonds is 6. The Balaban J connectivity index is 1.70. The number of piperazine rings is 1. The molecule has 0 radical (unpaired) electrons. The van der Waals surface area contributed by atoms with Crippen LogP contribution in [0.5, 0.6) is 0 Å². The molecule has 0 aromatic carbocycles. The van der Waals surface area contributed by atoms with Crippen molar-refractivity contribution in [1.82, 2.24) is 14.9 Å². The van der Waals surface area contributed by atoms with Crippen molar-refractivity contribution < 1.29 is 13.9 Å². The van der Waals surface area contributed by atoms with Crippen LogP contribution in [0.2, 0.25) is 0 Å². The summed E-state index contributed by atoms with van der Waals surface area (Å²) in [6.07, 6.45) is 3.79. The van der Waals surface area contributed by atoms with Crippen molar-refractivity contribution in [2.45, 2.75) is 45.1 Å². The zero-order chi connectivity index (χ0) is 22.8. The summed E-state index contributed by atoms with van der Waals surface area (Å²) in [5.41, 5.74) is 3.12. The Labute approximate surface area is 187 Å². The van der Waals surface area contributed by atoms with E-state index >= 15 is 0 Å². The highest BCUT2D eigenvalue weighted by Crippen LogP contribution is 2.46. The average molecular weight is 438 g/mol. The van der Waals surface area contributed by atoms with Gasteiger partial charge in [-0.15, -0.1) is 0 Å². The fraction of sp³-hybridized carbons (Fsp3) is 0.500. The van der Waals surface area contributed by atoms with Crippen molar-refractivity contribution in [3.63, 3.8) is 0 Å². The number of anilines is 1. The van der Waals surface area contributed by atoms with Crippen LogP contribution in [-0.4, -0.2) is 60.2 Å². The van der Waals surface area contributed by atoms with Gasteiger partial charge in [0.1, 0.15) is 11.9 Å². The first-order valence-electron chi connectivity index (χ1n) is 11.0. The van der Waals surface area contributed by atoms with E-state index in [1.165, 1.54) is 6.20 Å². The van der Waals surface area contributed by atoms with Gasteiger partial charge < -0.3 is 14.5 Å². The second-order valence-corrected chi connectivity index (χ2v) is 8.55. The number of ether oxygens (including phenoxy) is 1. The van der Waals surface area contributed by atoms with E-state index in [2.05, 4.69) is 16.0 Å². The fourth-order valence-electron chi connectivity index (χ4n) is 4.49. The molecule has 1 aliphatic heterocycles. The molecule has 0 spiro atoms. The third-order valence-corrected chi connectivity index (χ3v) is 6.33. The predicted octanol–water partition coefficient (Wildman–Crippen LogP) is 3.41. The largest absolute Gasteiger partial charge is 0.384 e. The molecule has 7 nitrogen and oxygen atoms in total. The van der Waals surface area contributed by atoms with Gasteiger partial charge in [0.2, 0.25) is 11.9 Å². The van der Waals surface area contributed by atoms with Crippen molar-refractivity contribution in [3.8, 4) is 17.2 Å². The first kappa shape index (κ1) is 22.2. The number of carbonyl (C=O) groups excluding carboxylic acids is 1. The number of hydrogen-bond acceptors (Lipinski definition) is 6. The quantitative estimate of drug-likeness (QED) is 0.644. The zero-order valence-electron chi connectivity index (χ0n) is 18.8. The molecule has 2 aliphatic rings. The first-order valence-corrected chi connectivity index (χ1v) is 11.0. The number of pyridine rings is 2. The van der Waals surface area contributed by atoms with Gasteiger partial charge in [-0.1, -0.05) is 0 Å². The number of hydrogen-bond donors (Lipinski definition) is 0. The molecule has 0 unspecified atom stereocenters. The van der Waals surface area contributed by atoms with E-state index in [4.69, 9.17) is 9.72 Å². The SMILES string of the molecule is COCCC(=O)N1CCN(c2nc(C3CC3)c(-c3cccnc3F)c(C)c2C#N)C[C@H]1C. The molecule has 2 fully saturated rings. The van der Waals surface area contributed by atoms with E-state index in [1.807, 2.05) is 18.7 Å². The highest BCUT2D eigenvalue weighted by atomic mass is 19.1. The molecule has 1 amide bonds. The first-order chi connectivity index (χ1) is 15.5. The summed E-state index contributed by atoms with van der Waals surface area (Å²) < 4.78 is 19.6. The summed E-state index contributed by atoms with van der Waals surface area (Å²) in [6.45, 7) is 6.02. The van der Waals surface area contributed by atoms with Crippen molar-refractivity contribution in [3.05, 3.63) is 41.1 Å². The number of halogens is 1. The Hall–Kier alpha value is -3.05. The maximum absolute atomic E-state index is 14.6. The fourth-order valence-corrected chi connectivity index (χ4v) is 4.49. The molecular formula is C24H28FN5O2. The van der Waals surface area contributed by atoms with Crippen LogP contribution in [0.3, 0.4) is 0 Å². The molecule has 1 atom stereocenters. The van der Waals surface area contributed by atoms with Crippen LogP contribution in [0.15, 0.2) is 18.3 Å². The summed E-state index contributed by atoms with van der Waals surface area (Å²) in [6, 6.07) is 5.70. The molecule has 3 heterocycles. The number of carbonyl (C=O) groups is 1. The zero-order valence-corrected chi connectivity index (χ0v) is 18.8. The molecule has 1 aliphatic carbocycles. The van der Waals surface area contributed by atoms with Crippen LogP contribution >= 0.6 is 0 Å². The Morgan fingerprint density at radius 3 is 2.78 bits per heavy atom. The number of amides is 1. The molecule has 2 aromatic rings. The van der Waals surface area contributed by atoms with Gasteiger partial charge in [-0.2, -0.15) is 9.65 Å². The molecule has 168 valence electrons. The maximum Gasteiger partial charge on any atom is 0.225 e. The predicted molar refractivity (Wildman–Crippen MR) is 119 cm³/mol. The molecule has 0 N–H and O–H groups in total. The molecule has 2 aromatic heterocycles. The van der Waals surface area contributed by atoms with Gasteiger partial charge in [-0.25, -0.2) is 9.97 Å². The minimum absolute atomic E-state index is 0.0124. The van der Waals surface area contributed by atoms with Crippen LogP contribution in [0.4, 0.5) is 10.2 Å². The lowest BCUT2D eigenvalue weighted by Gasteiger charge is -2.41. The van der Waals surface area contributed by atoms with Crippen molar-refractivity contribution in [1.29, 1.82) is 5.26 Å². The summed E-state index contributed by atoms with van der Waals surface area (Å²) in [5.74, 6) is 0.428. The molecular weight excluding hydrogens is 409 g/mol. The molecule has 1 saturated carbocycles. The highest BCUT2D eigenvalue weighted by Gasteiger charge is 2.35. The third kappa shape index (κ3) is 4.17. The second kappa shape index (κ2) is 9.21. The van der Waals surface area contributed by atoms with E-state index in [9.17, 15) is 14.4 Å². The Morgan fingerprint density at radius 1 is 1.38 bits per heavy atom. The number of nitrogens with zero attached hydrogens (tertiary/aromatic N) is 5. The van der Waals surface area contributed by atoms with Crippen LogP contribution in [-0.2, 0) is 9.53 Å². The van der Waals surface area contributed by atoms with E-state index in [-0.39, 0.29) is 17.9 Å². The Kier molecular flexibility index (Phi) is 6.38. The van der Waals surface area contributed by atoms with E-state index in [1.54, 1.807) is 19.2 Å². The standard InChI is InChI=1S/C24H28FN5O2/c1-15-14-29(10-11-30(15)20(31)8-12-32-3)24-19(13-26)16(2)21(22(28-24)17-6-7-17)18-5-4-9-27-23(18)25/h4-5,9,15,17H,6-8,10-12,14H2,1-3H3/t15-/m1/s1. The lowest BCUT2D eigenvalue weighted by Crippen LogP contribution is -2.54. The average Bonchev–Trinajstić information content (AvgIpc) is 3.63. The van der Waals surface area contributed by atoms with Crippen molar-refractivity contribution in [2.24, 2.45) is 0 Å². The van der Waals surface area contributed by atoms with Crippen LogP contribution in [0.1, 0.15) is 48.9 Å². The molecule has 32 heavy (non-hydrogen) atoms. The van der Waals surface area contributed by atoms with Gasteiger partial charge in [0, 0.05) is 56.0 Å². The van der Waals surface area contributed by atoms with Crippen LogP contribution < -0.4 is 4.90 Å². The molecule has 4 rings (SSSR count). The van der Waals surface area contributed by atoms with E-state index in [0.29, 0.717) is 55.2 Å². The second-order valence-electron chi connectivity index (χ2n) is 8.55. The maximum atomic E-state index is 14.6. The summed E-state index contributed by atoms with van der Waals surface area (Å²) in [7, 11) is 1.59. The minimum Gasteiger partial charge on any atom is -0.384 e. The van der Waals surface area contributed by atoms with Crippen LogP contribution in [0, 0.1) is 24.2 Å². The van der Waals surface area contributed by atoms with Gasteiger partial charge in [-0.05, 0) is 44.4 Å². The Morgan fingerprint density at radius 2 is 2.16 bits per heavy atom. The van der Waals surface area contributed by atoms with E-state index < -0.39 is 5.95 Å².